The van der Waals surface area contributed by atoms with Crippen LogP contribution in [0.1, 0.15) is 54.2 Å². The second kappa shape index (κ2) is 17.2. The van der Waals surface area contributed by atoms with Crippen molar-refractivity contribution in [3.63, 3.8) is 0 Å². The molecule has 8 atom stereocenters. The highest BCUT2D eigenvalue weighted by Crippen LogP contribution is 2.47. The first-order valence-electron chi connectivity index (χ1n) is 15.8. The minimum absolute atomic E-state index is 0.0971. The number of benzene rings is 1. The Morgan fingerprint density at radius 2 is 1.76 bits per heavy atom. The fourth-order valence-electron chi connectivity index (χ4n) is 4.76. The fraction of sp³-hybridized carbons (Fsp3) is 0.581. The van der Waals surface area contributed by atoms with E-state index in [1.54, 1.807) is 45.9 Å². The highest BCUT2D eigenvalue weighted by Gasteiger charge is 2.56. The maximum Gasteiger partial charge on any atom is 0.459 e. The van der Waals surface area contributed by atoms with Crippen molar-refractivity contribution in [3.8, 4) is 5.75 Å². The lowest BCUT2D eigenvalue weighted by atomic mass is 9.98. The van der Waals surface area contributed by atoms with Crippen LogP contribution in [0.15, 0.2) is 52.2 Å². The van der Waals surface area contributed by atoms with E-state index in [0.29, 0.717) is 15.6 Å². The number of methoxy groups -OCH3 is 1. The number of carbonyl (C=O) groups is 3. The van der Waals surface area contributed by atoms with Gasteiger partial charge in [-0.15, -0.1) is 0 Å². The van der Waals surface area contributed by atoms with E-state index in [1.807, 2.05) is 0 Å². The molecule has 3 N–H and O–H groups in total. The standard InChI is InChI=1S/C31H44FN4O13P/c1-8-19(4)24(33-29(41)44-7)27(40)45-17-36-23(37)14-15-35(30(36)42)28-31(6,32)25(38)22(48-28)16-46-50(43,49-21-12-10-9-11-13-21)34-20(5)26(39)47-18(2)3/h9-15,18-20,22,24-25,28,38H,8,16-17H2,1-7H3,(H,33,41)(H,34,43)/t19-,20-,22+,24-,25+,28+,31+,50?/m0/s1. The summed E-state index contributed by atoms with van der Waals surface area (Å²) in [7, 11) is -3.33. The van der Waals surface area contributed by atoms with Gasteiger partial charge in [0, 0.05) is 12.3 Å². The second-order valence-electron chi connectivity index (χ2n) is 12.0. The zero-order chi connectivity index (χ0) is 37.4. The number of nitrogens with zero attached hydrogens (tertiary/aromatic N) is 2. The number of aliphatic hydroxyl groups excluding tert-OH is 1. The predicted octanol–water partition coefficient (Wildman–Crippen LogP) is 2.40. The average Bonchev–Trinajstić information content (AvgIpc) is 3.29. The first-order chi connectivity index (χ1) is 23.4. The molecule has 0 spiro atoms. The molecule has 17 nitrogen and oxygen atoms in total. The Morgan fingerprint density at radius 1 is 1.10 bits per heavy atom. The van der Waals surface area contributed by atoms with Gasteiger partial charge in [0.15, 0.2) is 18.6 Å². The van der Waals surface area contributed by atoms with Crippen molar-refractivity contribution in [2.45, 2.75) is 97.0 Å². The molecule has 19 heteroatoms. The summed E-state index contributed by atoms with van der Waals surface area (Å²) in [5, 5.41) is 15.7. The third kappa shape index (κ3) is 10.0. The van der Waals surface area contributed by atoms with Crippen molar-refractivity contribution in [3.05, 3.63) is 63.4 Å². The zero-order valence-electron chi connectivity index (χ0n) is 28.8. The van der Waals surface area contributed by atoms with Crippen molar-refractivity contribution in [1.29, 1.82) is 0 Å². The van der Waals surface area contributed by atoms with E-state index >= 15 is 4.39 Å². The van der Waals surface area contributed by atoms with Crippen LogP contribution >= 0.6 is 7.75 Å². The van der Waals surface area contributed by atoms with Gasteiger partial charge in [0.1, 0.15) is 30.0 Å². The number of halogens is 1. The number of alkyl carbamates (subject to hydrolysis) is 1. The summed E-state index contributed by atoms with van der Waals surface area (Å²) in [6, 6.07) is 6.37. The lowest BCUT2D eigenvalue weighted by Crippen LogP contribution is -2.48. The molecule has 1 aliphatic rings. The second-order valence-corrected chi connectivity index (χ2v) is 13.7. The summed E-state index contributed by atoms with van der Waals surface area (Å²) < 4.78 is 62.8. The molecular formula is C31H44FN4O13P. The van der Waals surface area contributed by atoms with E-state index < -0.39 is 98.6 Å². The van der Waals surface area contributed by atoms with Crippen molar-refractivity contribution in [1.82, 2.24) is 19.5 Å². The van der Waals surface area contributed by atoms with Crippen LogP contribution in [0, 0.1) is 5.92 Å². The van der Waals surface area contributed by atoms with Crippen LogP contribution in [0.2, 0.25) is 0 Å². The minimum atomic E-state index is -4.44. The number of carbonyl (C=O) groups excluding carboxylic acids is 3. The molecule has 1 aromatic carbocycles. The average molecular weight is 731 g/mol. The quantitative estimate of drug-likeness (QED) is 0.129. The molecular weight excluding hydrogens is 686 g/mol. The molecule has 1 aliphatic heterocycles. The molecule has 278 valence electrons. The van der Waals surface area contributed by atoms with Crippen LogP contribution in [-0.2, 0) is 44.4 Å². The van der Waals surface area contributed by atoms with Crippen LogP contribution in [0.3, 0.4) is 0 Å². The summed E-state index contributed by atoms with van der Waals surface area (Å²) >= 11 is 0. The number of nitrogens with one attached hydrogen (secondary N) is 2. The third-order valence-corrected chi connectivity index (χ3v) is 9.41. The Hall–Kier alpha value is -4.09. The molecule has 3 rings (SSSR count). The molecule has 0 bridgehead atoms. The van der Waals surface area contributed by atoms with Gasteiger partial charge in [-0.05, 0) is 45.7 Å². The maximum atomic E-state index is 16.1. The van der Waals surface area contributed by atoms with Gasteiger partial charge in [0.2, 0.25) is 0 Å². The van der Waals surface area contributed by atoms with Gasteiger partial charge in [-0.1, -0.05) is 38.5 Å². The fourth-order valence-corrected chi connectivity index (χ4v) is 6.26. The van der Waals surface area contributed by atoms with E-state index in [1.165, 1.54) is 19.1 Å². The van der Waals surface area contributed by atoms with E-state index in [9.17, 15) is 33.6 Å². The van der Waals surface area contributed by atoms with Gasteiger partial charge in [0.05, 0.1) is 19.8 Å². The number of aliphatic hydroxyl groups is 1. The Balaban J connectivity index is 1.83. The summed E-state index contributed by atoms with van der Waals surface area (Å²) in [6.45, 7) is 7.34. The van der Waals surface area contributed by atoms with Gasteiger partial charge in [-0.2, -0.15) is 5.09 Å². The highest BCUT2D eigenvalue weighted by molar-refractivity contribution is 7.52. The Morgan fingerprint density at radius 3 is 2.36 bits per heavy atom. The summed E-state index contributed by atoms with van der Waals surface area (Å²) in [4.78, 5) is 63.1. The number of ether oxygens (including phenoxy) is 4. The first kappa shape index (κ1) is 40.3. The smallest absolute Gasteiger partial charge is 0.459 e. The molecule has 2 heterocycles. The number of para-hydroxylation sites is 1. The number of hydrogen-bond donors (Lipinski definition) is 3. The monoisotopic (exact) mass is 730 g/mol. The predicted molar refractivity (Wildman–Crippen MR) is 174 cm³/mol. The Bertz CT molecular complexity index is 1650. The van der Waals surface area contributed by atoms with Gasteiger partial charge >= 0.3 is 31.5 Å². The molecule has 1 saturated heterocycles. The highest BCUT2D eigenvalue weighted by atomic mass is 31.2. The number of amides is 1. The normalized spacial score (nSPS) is 23.3. The van der Waals surface area contributed by atoms with E-state index in [4.69, 9.17) is 23.3 Å². The lowest BCUT2D eigenvalue weighted by Gasteiger charge is -2.26. The van der Waals surface area contributed by atoms with Crippen LogP contribution in [0.4, 0.5) is 9.18 Å². The van der Waals surface area contributed by atoms with E-state index in [0.717, 1.165) is 26.3 Å². The molecule has 2 aromatic rings. The van der Waals surface area contributed by atoms with E-state index in [-0.39, 0.29) is 5.75 Å². The van der Waals surface area contributed by atoms with Gasteiger partial charge in [-0.3, -0.25) is 18.7 Å². The third-order valence-electron chi connectivity index (χ3n) is 7.76. The van der Waals surface area contributed by atoms with Gasteiger partial charge in [-0.25, -0.2) is 27.9 Å². The molecule has 1 unspecified atom stereocenters. The van der Waals surface area contributed by atoms with Crippen LogP contribution in [-0.4, -0.2) is 82.1 Å². The summed E-state index contributed by atoms with van der Waals surface area (Å²) in [6.07, 6.45) is -5.34. The Kier molecular flexibility index (Phi) is 13.9. The number of esters is 2. The molecule has 0 saturated carbocycles. The SMILES string of the molecule is CC[C@H](C)[C@H](NC(=O)OC)C(=O)OCn1c(=O)ccn([C@@H]2O[C@H](COP(=O)(N[C@@H](C)C(=O)OC(C)C)Oc3ccccc3)[C@@H](O)[C@@]2(C)F)c1=O. The first-order valence-corrected chi connectivity index (χ1v) is 17.3. The molecule has 1 fully saturated rings. The molecule has 1 amide bonds. The lowest BCUT2D eigenvalue weighted by molar-refractivity contribution is -0.152. The molecule has 1 aromatic heterocycles. The minimum Gasteiger partial charge on any atom is -0.462 e. The number of aromatic nitrogens is 2. The van der Waals surface area contributed by atoms with Crippen molar-refractivity contribution < 1.29 is 56.4 Å². The Labute approximate surface area is 287 Å². The van der Waals surface area contributed by atoms with Crippen LogP contribution in [0.25, 0.3) is 0 Å². The van der Waals surface area contributed by atoms with Crippen LogP contribution in [0.5, 0.6) is 5.75 Å². The van der Waals surface area contributed by atoms with Crippen molar-refractivity contribution in [2.24, 2.45) is 5.92 Å². The molecule has 0 aliphatic carbocycles. The van der Waals surface area contributed by atoms with Gasteiger partial charge < -0.3 is 33.9 Å². The van der Waals surface area contributed by atoms with E-state index in [2.05, 4.69) is 15.1 Å². The van der Waals surface area contributed by atoms with Crippen molar-refractivity contribution in [2.75, 3.05) is 13.7 Å². The summed E-state index contributed by atoms with van der Waals surface area (Å²) in [5.74, 6) is -2.04. The van der Waals surface area contributed by atoms with Gasteiger partial charge in [0.25, 0.3) is 5.56 Å². The maximum absolute atomic E-state index is 16.1. The van der Waals surface area contributed by atoms with Crippen LogP contribution < -0.4 is 26.2 Å². The topological polar surface area (TPSA) is 212 Å². The summed E-state index contributed by atoms with van der Waals surface area (Å²) in [5.41, 5.74) is -4.75. The molecule has 0 radical (unpaired) electrons. The number of hydrogen-bond acceptors (Lipinski definition) is 13. The number of alkyl halides is 1. The van der Waals surface area contributed by atoms with Crippen molar-refractivity contribution >= 4 is 25.8 Å². The zero-order valence-corrected chi connectivity index (χ0v) is 29.7. The molecule has 50 heavy (non-hydrogen) atoms. The largest absolute Gasteiger partial charge is 0.462 e. The number of rotatable bonds is 16.